The van der Waals surface area contributed by atoms with Gasteiger partial charge in [0.2, 0.25) is 0 Å². The SMILES string of the molecule is CCn1cc(CC2=CC(Cl)CNC2)cn1. The molecule has 1 N–H and O–H groups in total. The number of aryl methyl sites for hydroxylation is 1. The fourth-order valence-electron chi connectivity index (χ4n) is 1.80. The van der Waals surface area contributed by atoms with E-state index in [0.29, 0.717) is 0 Å². The second-order valence-electron chi connectivity index (χ2n) is 3.85. The van der Waals surface area contributed by atoms with Gasteiger partial charge in [0.25, 0.3) is 0 Å². The molecule has 0 bridgehead atoms. The molecule has 82 valence electrons. The molecule has 1 aliphatic rings. The van der Waals surface area contributed by atoms with Crippen LogP contribution >= 0.6 is 11.6 Å². The third kappa shape index (κ3) is 2.83. The lowest BCUT2D eigenvalue weighted by Gasteiger charge is -2.17. The Labute approximate surface area is 95.1 Å². The van der Waals surface area contributed by atoms with Gasteiger partial charge in [0.05, 0.1) is 11.6 Å². The van der Waals surface area contributed by atoms with Crippen molar-refractivity contribution < 1.29 is 0 Å². The molecule has 1 aromatic rings. The minimum atomic E-state index is 0.134. The number of rotatable bonds is 3. The largest absolute Gasteiger partial charge is 0.311 e. The Morgan fingerprint density at radius 3 is 3.20 bits per heavy atom. The Morgan fingerprint density at radius 1 is 1.67 bits per heavy atom. The van der Waals surface area contributed by atoms with Gasteiger partial charge in [-0.3, -0.25) is 4.68 Å². The van der Waals surface area contributed by atoms with Gasteiger partial charge in [0.15, 0.2) is 0 Å². The lowest BCUT2D eigenvalue weighted by molar-refractivity contribution is 0.658. The van der Waals surface area contributed by atoms with Crippen LogP contribution in [0.2, 0.25) is 0 Å². The Balaban J connectivity index is 2.01. The molecule has 15 heavy (non-hydrogen) atoms. The number of nitrogens with zero attached hydrogens (tertiary/aromatic N) is 2. The summed E-state index contributed by atoms with van der Waals surface area (Å²) in [4.78, 5) is 0. The van der Waals surface area contributed by atoms with Crippen molar-refractivity contribution in [2.24, 2.45) is 0 Å². The molecular formula is C11H16ClN3. The topological polar surface area (TPSA) is 29.9 Å². The third-order valence-corrected chi connectivity index (χ3v) is 2.83. The minimum Gasteiger partial charge on any atom is -0.311 e. The summed E-state index contributed by atoms with van der Waals surface area (Å²) in [7, 11) is 0. The lowest BCUT2D eigenvalue weighted by atomic mass is 10.0. The molecule has 2 rings (SSSR count). The summed E-state index contributed by atoms with van der Waals surface area (Å²) in [5.41, 5.74) is 2.62. The van der Waals surface area contributed by atoms with E-state index in [9.17, 15) is 0 Å². The summed E-state index contributed by atoms with van der Waals surface area (Å²) in [5.74, 6) is 0. The van der Waals surface area contributed by atoms with Gasteiger partial charge in [-0.1, -0.05) is 11.6 Å². The van der Waals surface area contributed by atoms with Crippen molar-refractivity contribution in [2.45, 2.75) is 25.3 Å². The number of hydrogen-bond acceptors (Lipinski definition) is 2. The summed E-state index contributed by atoms with van der Waals surface area (Å²) < 4.78 is 1.95. The Hall–Kier alpha value is -0.800. The Kier molecular flexibility index (Phi) is 3.44. The highest BCUT2D eigenvalue weighted by molar-refractivity contribution is 6.22. The summed E-state index contributed by atoms with van der Waals surface area (Å²) >= 11 is 6.05. The fraction of sp³-hybridized carbons (Fsp3) is 0.545. The van der Waals surface area contributed by atoms with E-state index in [1.807, 2.05) is 10.9 Å². The maximum atomic E-state index is 6.05. The van der Waals surface area contributed by atoms with Crippen LogP contribution in [0.25, 0.3) is 0 Å². The van der Waals surface area contributed by atoms with E-state index < -0.39 is 0 Å². The molecule has 2 heterocycles. The Morgan fingerprint density at radius 2 is 2.53 bits per heavy atom. The first kappa shape index (κ1) is 10.7. The van der Waals surface area contributed by atoms with Crippen LogP contribution in [0.4, 0.5) is 0 Å². The van der Waals surface area contributed by atoms with Gasteiger partial charge in [0.1, 0.15) is 0 Å². The number of nitrogens with one attached hydrogen (secondary N) is 1. The highest BCUT2D eigenvalue weighted by Gasteiger charge is 2.11. The van der Waals surface area contributed by atoms with E-state index in [4.69, 9.17) is 11.6 Å². The van der Waals surface area contributed by atoms with Crippen LogP contribution in [0.5, 0.6) is 0 Å². The smallest absolute Gasteiger partial charge is 0.0643 e. The van der Waals surface area contributed by atoms with E-state index in [1.54, 1.807) is 0 Å². The van der Waals surface area contributed by atoms with Gasteiger partial charge in [0, 0.05) is 25.8 Å². The van der Waals surface area contributed by atoms with Crippen LogP contribution in [0.1, 0.15) is 12.5 Å². The molecule has 0 saturated carbocycles. The van der Waals surface area contributed by atoms with Crippen molar-refractivity contribution in [1.82, 2.24) is 15.1 Å². The molecule has 0 spiro atoms. The molecule has 1 atom stereocenters. The summed E-state index contributed by atoms with van der Waals surface area (Å²) in [6, 6.07) is 0. The van der Waals surface area contributed by atoms with Gasteiger partial charge in [-0.15, -0.1) is 11.6 Å². The average Bonchev–Trinajstić information content (AvgIpc) is 2.65. The zero-order chi connectivity index (χ0) is 10.7. The van der Waals surface area contributed by atoms with Crippen molar-refractivity contribution in [3.05, 3.63) is 29.6 Å². The van der Waals surface area contributed by atoms with Crippen LogP contribution in [-0.4, -0.2) is 28.2 Å². The lowest BCUT2D eigenvalue weighted by Crippen LogP contribution is -2.30. The molecule has 3 nitrogen and oxygen atoms in total. The number of hydrogen-bond donors (Lipinski definition) is 1. The van der Waals surface area contributed by atoms with E-state index in [0.717, 1.165) is 26.1 Å². The zero-order valence-corrected chi connectivity index (χ0v) is 9.67. The van der Waals surface area contributed by atoms with Crippen LogP contribution in [0.15, 0.2) is 24.0 Å². The van der Waals surface area contributed by atoms with Gasteiger partial charge in [-0.25, -0.2) is 0 Å². The second kappa shape index (κ2) is 4.81. The first-order valence-electron chi connectivity index (χ1n) is 5.33. The van der Waals surface area contributed by atoms with Crippen molar-refractivity contribution in [3.63, 3.8) is 0 Å². The zero-order valence-electron chi connectivity index (χ0n) is 8.91. The maximum Gasteiger partial charge on any atom is 0.0643 e. The summed E-state index contributed by atoms with van der Waals surface area (Å²) in [6.45, 7) is 4.84. The standard InChI is InChI=1S/C11H16ClN3/c1-2-15-8-10(6-14-15)3-9-4-11(12)7-13-5-9/h4,6,8,11,13H,2-3,5,7H2,1H3. The molecule has 1 aromatic heterocycles. The molecule has 0 fully saturated rings. The predicted molar refractivity (Wildman–Crippen MR) is 62.2 cm³/mol. The van der Waals surface area contributed by atoms with E-state index in [-0.39, 0.29) is 5.38 Å². The van der Waals surface area contributed by atoms with Crippen molar-refractivity contribution >= 4 is 11.6 Å². The first-order valence-corrected chi connectivity index (χ1v) is 5.77. The minimum absolute atomic E-state index is 0.134. The molecule has 1 unspecified atom stereocenters. The van der Waals surface area contributed by atoms with Crippen LogP contribution < -0.4 is 5.32 Å². The number of alkyl halides is 1. The molecule has 1 aliphatic heterocycles. The quantitative estimate of drug-likeness (QED) is 0.626. The molecule has 0 aliphatic carbocycles. The van der Waals surface area contributed by atoms with Crippen LogP contribution in [-0.2, 0) is 13.0 Å². The fourth-order valence-corrected chi connectivity index (χ4v) is 2.09. The normalized spacial score (nSPS) is 21.5. The van der Waals surface area contributed by atoms with Crippen molar-refractivity contribution in [2.75, 3.05) is 13.1 Å². The molecule has 0 saturated heterocycles. The molecule has 0 radical (unpaired) electrons. The van der Waals surface area contributed by atoms with Gasteiger partial charge in [-0.05, 0) is 18.9 Å². The first-order chi connectivity index (χ1) is 7.28. The van der Waals surface area contributed by atoms with E-state index in [1.165, 1.54) is 11.1 Å². The molecular weight excluding hydrogens is 210 g/mol. The highest BCUT2D eigenvalue weighted by atomic mass is 35.5. The van der Waals surface area contributed by atoms with Crippen molar-refractivity contribution in [1.29, 1.82) is 0 Å². The third-order valence-electron chi connectivity index (χ3n) is 2.55. The van der Waals surface area contributed by atoms with Gasteiger partial charge in [-0.2, -0.15) is 5.10 Å². The Bertz CT molecular complexity index is 356. The summed E-state index contributed by atoms with van der Waals surface area (Å²) in [6.07, 6.45) is 7.14. The van der Waals surface area contributed by atoms with E-state index in [2.05, 4.69) is 29.6 Å². The maximum absolute atomic E-state index is 6.05. The van der Waals surface area contributed by atoms with Crippen LogP contribution in [0, 0.1) is 0 Å². The molecule has 4 heteroatoms. The molecule has 0 aromatic carbocycles. The van der Waals surface area contributed by atoms with Gasteiger partial charge < -0.3 is 5.32 Å². The average molecular weight is 226 g/mol. The summed E-state index contributed by atoms with van der Waals surface area (Å²) in [5, 5.41) is 7.69. The molecule has 0 amide bonds. The predicted octanol–water partition coefficient (Wildman–Crippen LogP) is 1.58. The van der Waals surface area contributed by atoms with E-state index >= 15 is 0 Å². The highest BCUT2D eigenvalue weighted by Crippen LogP contribution is 2.12. The van der Waals surface area contributed by atoms with Gasteiger partial charge >= 0.3 is 0 Å². The monoisotopic (exact) mass is 225 g/mol. The number of aromatic nitrogens is 2. The number of halogens is 1. The second-order valence-corrected chi connectivity index (χ2v) is 4.41. The van der Waals surface area contributed by atoms with Crippen molar-refractivity contribution in [3.8, 4) is 0 Å². The van der Waals surface area contributed by atoms with Crippen LogP contribution in [0.3, 0.4) is 0 Å².